The molecule has 0 saturated heterocycles. The van der Waals surface area contributed by atoms with Crippen molar-refractivity contribution < 1.29 is 9.13 Å². The molecule has 0 saturated carbocycles. The Labute approximate surface area is 176 Å². The standard InChI is InChI=1S/C22H20Br2FNO/c23-19-12-17(14-26-11-10-18-8-4-5-9-21(18)25)13-20(24)22(19)27-15-16-6-2-1-3-7-16/h1-9,12-13,26H,10-11,14-15H2. The monoisotopic (exact) mass is 491 g/mol. The second kappa shape index (κ2) is 10.0. The van der Waals surface area contributed by atoms with Gasteiger partial charge in [-0.1, -0.05) is 48.5 Å². The predicted octanol–water partition coefficient (Wildman–Crippen LogP) is 6.26. The summed E-state index contributed by atoms with van der Waals surface area (Å²) in [5, 5.41) is 3.36. The minimum Gasteiger partial charge on any atom is -0.487 e. The van der Waals surface area contributed by atoms with Crippen LogP contribution in [-0.2, 0) is 19.6 Å². The fraction of sp³-hybridized carbons (Fsp3) is 0.182. The van der Waals surface area contributed by atoms with Crippen LogP contribution < -0.4 is 10.1 Å². The molecule has 0 fully saturated rings. The molecule has 0 amide bonds. The Hall–Kier alpha value is -1.69. The molecule has 3 aromatic rings. The van der Waals surface area contributed by atoms with Crippen LogP contribution in [0, 0.1) is 5.82 Å². The number of halogens is 3. The van der Waals surface area contributed by atoms with E-state index in [1.807, 2.05) is 54.6 Å². The van der Waals surface area contributed by atoms with Gasteiger partial charge in [0.05, 0.1) is 8.95 Å². The Kier molecular flexibility index (Phi) is 7.44. The highest BCUT2D eigenvalue weighted by Gasteiger charge is 2.09. The molecule has 140 valence electrons. The number of rotatable bonds is 8. The van der Waals surface area contributed by atoms with Gasteiger partial charge in [0, 0.05) is 6.54 Å². The van der Waals surface area contributed by atoms with E-state index in [0.717, 1.165) is 31.4 Å². The van der Waals surface area contributed by atoms with Crippen LogP contribution in [0.4, 0.5) is 4.39 Å². The van der Waals surface area contributed by atoms with E-state index in [0.29, 0.717) is 26.1 Å². The van der Waals surface area contributed by atoms with Crippen LogP contribution in [0.5, 0.6) is 5.75 Å². The molecule has 3 rings (SSSR count). The van der Waals surface area contributed by atoms with E-state index in [1.165, 1.54) is 6.07 Å². The molecule has 0 atom stereocenters. The lowest BCUT2D eigenvalue weighted by Gasteiger charge is -2.13. The van der Waals surface area contributed by atoms with Crippen LogP contribution >= 0.6 is 31.9 Å². The molecular weight excluding hydrogens is 473 g/mol. The van der Waals surface area contributed by atoms with Crippen LogP contribution in [0.25, 0.3) is 0 Å². The summed E-state index contributed by atoms with van der Waals surface area (Å²) in [6, 6.07) is 21.0. The molecule has 0 heterocycles. The molecular formula is C22H20Br2FNO. The van der Waals surface area contributed by atoms with Crippen LogP contribution in [0.15, 0.2) is 75.7 Å². The van der Waals surface area contributed by atoms with Crippen LogP contribution in [0.2, 0.25) is 0 Å². The molecule has 3 aromatic carbocycles. The Morgan fingerprint density at radius 2 is 1.52 bits per heavy atom. The third kappa shape index (κ3) is 5.89. The van der Waals surface area contributed by atoms with E-state index in [4.69, 9.17) is 4.74 Å². The van der Waals surface area contributed by atoms with Crippen molar-refractivity contribution in [2.24, 2.45) is 0 Å². The van der Waals surface area contributed by atoms with Gasteiger partial charge in [0.2, 0.25) is 0 Å². The minimum atomic E-state index is -0.148. The molecule has 0 radical (unpaired) electrons. The lowest BCUT2D eigenvalue weighted by atomic mass is 10.1. The zero-order valence-electron chi connectivity index (χ0n) is 14.7. The largest absolute Gasteiger partial charge is 0.487 e. The Morgan fingerprint density at radius 3 is 2.22 bits per heavy atom. The van der Waals surface area contributed by atoms with Crippen LogP contribution in [0.1, 0.15) is 16.7 Å². The fourth-order valence-corrected chi connectivity index (χ4v) is 4.25. The van der Waals surface area contributed by atoms with Crippen molar-refractivity contribution in [1.82, 2.24) is 5.32 Å². The predicted molar refractivity (Wildman–Crippen MR) is 114 cm³/mol. The molecule has 27 heavy (non-hydrogen) atoms. The van der Waals surface area contributed by atoms with Gasteiger partial charge in [-0.25, -0.2) is 4.39 Å². The average Bonchev–Trinajstić information content (AvgIpc) is 2.67. The highest BCUT2D eigenvalue weighted by molar-refractivity contribution is 9.11. The molecule has 2 nitrogen and oxygen atoms in total. The summed E-state index contributed by atoms with van der Waals surface area (Å²) in [6.45, 7) is 1.92. The van der Waals surface area contributed by atoms with Gasteiger partial charge < -0.3 is 10.1 Å². The van der Waals surface area contributed by atoms with Gasteiger partial charge in [0.15, 0.2) is 0 Å². The summed E-state index contributed by atoms with van der Waals surface area (Å²) in [5.41, 5.74) is 2.97. The maximum absolute atomic E-state index is 13.6. The molecule has 0 aliphatic heterocycles. The second-order valence-electron chi connectivity index (χ2n) is 6.18. The zero-order chi connectivity index (χ0) is 19.1. The molecule has 0 unspecified atom stereocenters. The minimum absolute atomic E-state index is 0.148. The fourth-order valence-electron chi connectivity index (χ4n) is 2.74. The van der Waals surface area contributed by atoms with E-state index in [2.05, 4.69) is 37.2 Å². The summed E-state index contributed by atoms with van der Waals surface area (Å²) in [5.74, 6) is 0.638. The van der Waals surface area contributed by atoms with E-state index < -0.39 is 0 Å². The normalized spacial score (nSPS) is 10.8. The Balaban J connectivity index is 1.54. The smallest absolute Gasteiger partial charge is 0.148 e. The topological polar surface area (TPSA) is 21.3 Å². The SMILES string of the molecule is Fc1ccccc1CCNCc1cc(Br)c(OCc2ccccc2)c(Br)c1. The first-order valence-electron chi connectivity index (χ1n) is 8.72. The van der Waals surface area contributed by atoms with E-state index in [1.54, 1.807) is 6.07 Å². The maximum atomic E-state index is 13.6. The molecule has 0 spiro atoms. The number of hydrogen-bond acceptors (Lipinski definition) is 2. The highest BCUT2D eigenvalue weighted by atomic mass is 79.9. The van der Waals surface area contributed by atoms with Crippen molar-refractivity contribution in [2.75, 3.05) is 6.54 Å². The van der Waals surface area contributed by atoms with Gasteiger partial charge in [0.1, 0.15) is 18.2 Å². The van der Waals surface area contributed by atoms with E-state index >= 15 is 0 Å². The van der Waals surface area contributed by atoms with Gasteiger partial charge in [-0.2, -0.15) is 0 Å². The first-order chi connectivity index (χ1) is 13.1. The zero-order valence-corrected chi connectivity index (χ0v) is 17.9. The maximum Gasteiger partial charge on any atom is 0.148 e. The first kappa shape index (κ1) is 20.1. The van der Waals surface area contributed by atoms with Gasteiger partial charge in [-0.15, -0.1) is 0 Å². The summed E-state index contributed by atoms with van der Waals surface area (Å²) in [7, 11) is 0. The van der Waals surface area contributed by atoms with Crippen molar-refractivity contribution in [3.63, 3.8) is 0 Å². The molecule has 0 bridgehead atoms. The lowest BCUT2D eigenvalue weighted by Crippen LogP contribution is -2.17. The molecule has 0 aliphatic carbocycles. The average molecular weight is 493 g/mol. The summed E-state index contributed by atoms with van der Waals surface area (Å²) in [6.07, 6.45) is 0.660. The van der Waals surface area contributed by atoms with Crippen molar-refractivity contribution in [3.8, 4) is 5.75 Å². The number of benzene rings is 3. The highest BCUT2D eigenvalue weighted by Crippen LogP contribution is 2.35. The van der Waals surface area contributed by atoms with Crippen molar-refractivity contribution in [1.29, 1.82) is 0 Å². The lowest BCUT2D eigenvalue weighted by molar-refractivity contribution is 0.302. The third-order valence-electron chi connectivity index (χ3n) is 4.14. The van der Waals surface area contributed by atoms with Crippen molar-refractivity contribution >= 4 is 31.9 Å². The number of hydrogen-bond donors (Lipinski definition) is 1. The Morgan fingerprint density at radius 1 is 0.852 bits per heavy atom. The van der Waals surface area contributed by atoms with Crippen molar-refractivity contribution in [3.05, 3.63) is 98.2 Å². The number of ether oxygens (including phenoxy) is 1. The van der Waals surface area contributed by atoms with Gasteiger partial charge >= 0.3 is 0 Å². The molecule has 0 aliphatic rings. The van der Waals surface area contributed by atoms with E-state index in [-0.39, 0.29) is 5.82 Å². The Bertz CT molecular complexity index is 863. The molecule has 0 aromatic heterocycles. The number of nitrogens with one attached hydrogen (secondary N) is 1. The van der Waals surface area contributed by atoms with Crippen LogP contribution in [0.3, 0.4) is 0 Å². The second-order valence-corrected chi connectivity index (χ2v) is 7.89. The van der Waals surface area contributed by atoms with Gasteiger partial charge in [-0.3, -0.25) is 0 Å². The third-order valence-corrected chi connectivity index (χ3v) is 5.32. The first-order valence-corrected chi connectivity index (χ1v) is 10.3. The quantitative estimate of drug-likeness (QED) is 0.374. The molecule has 5 heteroatoms. The summed E-state index contributed by atoms with van der Waals surface area (Å²) >= 11 is 7.19. The van der Waals surface area contributed by atoms with Crippen LogP contribution in [-0.4, -0.2) is 6.54 Å². The van der Waals surface area contributed by atoms with E-state index in [9.17, 15) is 4.39 Å². The van der Waals surface area contributed by atoms with Gasteiger partial charge in [0.25, 0.3) is 0 Å². The summed E-state index contributed by atoms with van der Waals surface area (Å²) in [4.78, 5) is 0. The van der Waals surface area contributed by atoms with Gasteiger partial charge in [-0.05, 0) is 79.7 Å². The molecule has 1 N–H and O–H groups in total. The van der Waals surface area contributed by atoms with Crippen molar-refractivity contribution in [2.45, 2.75) is 19.6 Å². The summed E-state index contributed by atoms with van der Waals surface area (Å²) < 4.78 is 21.4.